The Kier molecular flexibility index (Phi) is 5.60. The average molecular weight is 248 g/mol. The maximum Gasteiger partial charge on any atom is 0.320 e. The van der Waals surface area contributed by atoms with Crippen LogP contribution < -0.4 is 11.1 Å². The maximum atomic E-state index is 11.6. The monoisotopic (exact) mass is 248 g/mol. The molecule has 1 aliphatic rings. The molecule has 0 aliphatic heterocycles. The first kappa shape index (κ1) is 13.9. The van der Waals surface area contributed by atoms with Gasteiger partial charge in [0.25, 0.3) is 0 Å². The van der Waals surface area contributed by atoms with Gasteiger partial charge >= 0.3 is 5.97 Å². The second-order valence-corrected chi connectivity index (χ2v) is 3.78. The Morgan fingerprint density at radius 2 is 1.89 bits per heavy atom. The summed E-state index contributed by atoms with van der Waals surface area (Å²) in [5, 5.41) is 11.3. The first-order valence-corrected chi connectivity index (χ1v) is 5.59. The number of hydrogen-bond donors (Lipinski definition) is 3. The van der Waals surface area contributed by atoms with Crippen molar-refractivity contribution in [2.24, 2.45) is 5.73 Å². The van der Waals surface area contributed by atoms with Crippen LogP contribution in [0.5, 0.6) is 0 Å². The number of nitrogens with two attached hydrogens (primary N) is 1. The highest BCUT2D eigenvalue weighted by molar-refractivity contribution is 5.80. The molecule has 0 saturated carbocycles. The number of allylic oxidation sites excluding steroid dienone is 7. The molecule has 0 spiro atoms. The van der Waals surface area contributed by atoms with Crippen LogP contribution in [0.4, 0.5) is 0 Å². The number of carbonyl (C=O) groups is 2. The quantitative estimate of drug-likeness (QED) is 0.672. The molecule has 1 atom stereocenters. The van der Waals surface area contributed by atoms with Gasteiger partial charge in [0, 0.05) is 12.1 Å². The lowest BCUT2D eigenvalue weighted by atomic mass is 10.1. The lowest BCUT2D eigenvalue weighted by molar-refractivity contribution is -0.138. The number of aliphatic carboxylic acids is 1. The number of rotatable bonds is 5. The van der Waals surface area contributed by atoms with Gasteiger partial charge in [-0.2, -0.15) is 0 Å². The van der Waals surface area contributed by atoms with Crippen molar-refractivity contribution < 1.29 is 14.7 Å². The molecule has 1 rings (SSSR count). The summed E-state index contributed by atoms with van der Waals surface area (Å²) in [6.45, 7) is 0. The Bertz CT molecular complexity index is 434. The first-order valence-electron chi connectivity index (χ1n) is 5.59. The zero-order valence-electron chi connectivity index (χ0n) is 9.87. The molecule has 1 unspecified atom stereocenters. The second-order valence-electron chi connectivity index (χ2n) is 3.78. The molecule has 4 N–H and O–H groups in total. The van der Waals surface area contributed by atoms with Crippen LogP contribution in [-0.2, 0) is 9.59 Å². The molecule has 5 heteroatoms. The SMILES string of the molecule is NC(CCC(=O)NC1=C/C=C\C=C/C=C\1)C(=O)O. The highest BCUT2D eigenvalue weighted by atomic mass is 16.4. The van der Waals surface area contributed by atoms with Gasteiger partial charge in [0.05, 0.1) is 0 Å². The van der Waals surface area contributed by atoms with Crippen LogP contribution in [0.25, 0.3) is 0 Å². The molecule has 0 heterocycles. The van der Waals surface area contributed by atoms with Crippen molar-refractivity contribution in [3.8, 4) is 0 Å². The molecule has 96 valence electrons. The normalized spacial score (nSPS) is 23.7. The molecule has 1 amide bonds. The summed E-state index contributed by atoms with van der Waals surface area (Å²) in [6.07, 6.45) is 12.9. The van der Waals surface area contributed by atoms with Crippen LogP contribution in [0.2, 0.25) is 0 Å². The molecule has 0 radical (unpaired) electrons. The van der Waals surface area contributed by atoms with Crippen LogP contribution in [0.1, 0.15) is 12.8 Å². The number of nitrogens with one attached hydrogen (secondary N) is 1. The predicted octanol–water partition coefficient (Wildman–Crippen LogP) is 0.861. The summed E-state index contributed by atoms with van der Waals surface area (Å²) >= 11 is 0. The smallest absolute Gasteiger partial charge is 0.320 e. The standard InChI is InChI=1S/C13H16N2O3/c14-11(13(17)18)8-9-12(16)15-10-6-4-2-1-3-5-7-10/h1-7,11H,8-9,14H2,(H,15,16)(H,17,18)/b2-1-,3-1?,4-2?,5-3-,6-4-,7-5?,10-6?,10-7+. The van der Waals surface area contributed by atoms with Gasteiger partial charge in [-0.3, -0.25) is 9.59 Å². The predicted molar refractivity (Wildman–Crippen MR) is 68.5 cm³/mol. The van der Waals surface area contributed by atoms with E-state index in [1.807, 2.05) is 18.2 Å². The molecule has 1 aliphatic carbocycles. The third-order valence-electron chi connectivity index (χ3n) is 2.28. The highest BCUT2D eigenvalue weighted by Gasteiger charge is 2.13. The Labute approximate surface area is 105 Å². The largest absolute Gasteiger partial charge is 0.480 e. The van der Waals surface area contributed by atoms with Crippen LogP contribution in [-0.4, -0.2) is 23.0 Å². The van der Waals surface area contributed by atoms with Gasteiger partial charge in [-0.05, 0) is 18.6 Å². The van der Waals surface area contributed by atoms with Gasteiger partial charge in [0.2, 0.25) is 5.91 Å². The summed E-state index contributed by atoms with van der Waals surface area (Å²) in [4.78, 5) is 22.0. The zero-order valence-corrected chi connectivity index (χ0v) is 9.87. The lowest BCUT2D eigenvalue weighted by Crippen LogP contribution is -2.32. The van der Waals surface area contributed by atoms with Gasteiger partial charge in [-0.1, -0.05) is 30.4 Å². The summed E-state index contributed by atoms with van der Waals surface area (Å²) in [5.41, 5.74) is 5.97. The summed E-state index contributed by atoms with van der Waals surface area (Å²) in [6, 6.07) is -1.000. The van der Waals surface area contributed by atoms with Crippen molar-refractivity contribution >= 4 is 11.9 Å². The first-order chi connectivity index (χ1) is 8.59. The fraction of sp³-hybridized carbons (Fsp3) is 0.231. The van der Waals surface area contributed by atoms with E-state index < -0.39 is 12.0 Å². The molecule has 0 bridgehead atoms. The van der Waals surface area contributed by atoms with Crippen molar-refractivity contribution in [1.29, 1.82) is 0 Å². The van der Waals surface area contributed by atoms with Crippen molar-refractivity contribution in [3.05, 3.63) is 48.2 Å². The van der Waals surface area contributed by atoms with E-state index in [2.05, 4.69) is 5.32 Å². The molecule has 0 aromatic heterocycles. The molecule has 0 saturated heterocycles. The van der Waals surface area contributed by atoms with Gasteiger partial charge < -0.3 is 16.2 Å². The van der Waals surface area contributed by atoms with Crippen LogP contribution in [0, 0.1) is 0 Å². The number of carboxylic acid groups (broad SMARTS) is 1. The van der Waals surface area contributed by atoms with E-state index in [1.54, 1.807) is 24.3 Å². The average Bonchev–Trinajstić information content (AvgIpc) is 2.29. The number of hydrogen-bond acceptors (Lipinski definition) is 3. The van der Waals surface area contributed by atoms with Crippen molar-refractivity contribution in [2.45, 2.75) is 18.9 Å². The maximum absolute atomic E-state index is 11.6. The summed E-state index contributed by atoms with van der Waals surface area (Å²) in [7, 11) is 0. The minimum atomic E-state index is -1.10. The van der Waals surface area contributed by atoms with Gasteiger partial charge in [0.1, 0.15) is 6.04 Å². The molecule has 0 aromatic carbocycles. The van der Waals surface area contributed by atoms with Crippen LogP contribution in [0.3, 0.4) is 0 Å². The second kappa shape index (κ2) is 7.24. The molecule has 0 fully saturated rings. The van der Waals surface area contributed by atoms with E-state index in [0.717, 1.165) is 0 Å². The Hall–Kier alpha value is -2.14. The van der Waals surface area contributed by atoms with Crippen molar-refractivity contribution in [2.75, 3.05) is 0 Å². The third-order valence-corrected chi connectivity index (χ3v) is 2.28. The minimum absolute atomic E-state index is 0.0815. The van der Waals surface area contributed by atoms with E-state index in [0.29, 0.717) is 5.70 Å². The Morgan fingerprint density at radius 1 is 1.22 bits per heavy atom. The van der Waals surface area contributed by atoms with Crippen LogP contribution in [0.15, 0.2) is 48.2 Å². The number of carbonyl (C=O) groups excluding carboxylic acids is 1. The van der Waals surface area contributed by atoms with E-state index in [-0.39, 0.29) is 18.7 Å². The van der Waals surface area contributed by atoms with Gasteiger partial charge in [-0.15, -0.1) is 0 Å². The van der Waals surface area contributed by atoms with E-state index in [9.17, 15) is 9.59 Å². The molecular weight excluding hydrogens is 232 g/mol. The minimum Gasteiger partial charge on any atom is -0.480 e. The van der Waals surface area contributed by atoms with Crippen molar-refractivity contribution in [1.82, 2.24) is 5.32 Å². The highest BCUT2D eigenvalue weighted by Crippen LogP contribution is 2.01. The third kappa shape index (κ3) is 5.27. The fourth-order valence-electron chi connectivity index (χ4n) is 1.28. The lowest BCUT2D eigenvalue weighted by Gasteiger charge is -2.08. The van der Waals surface area contributed by atoms with E-state index in [4.69, 9.17) is 10.8 Å². The summed E-state index contributed by atoms with van der Waals surface area (Å²) in [5.74, 6) is -1.35. The molecular formula is C13H16N2O3. The zero-order chi connectivity index (χ0) is 13.4. The topological polar surface area (TPSA) is 92.4 Å². The van der Waals surface area contributed by atoms with Crippen molar-refractivity contribution in [3.63, 3.8) is 0 Å². The Balaban J connectivity index is 2.42. The summed E-state index contributed by atoms with van der Waals surface area (Å²) < 4.78 is 0. The number of carboxylic acids is 1. The van der Waals surface area contributed by atoms with Gasteiger partial charge in [0.15, 0.2) is 0 Å². The van der Waals surface area contributed by atoms with E-state index in [1.165, 1.54) is 0 Å². The Morgan fingerprint density at radius 3 is 2.61 bits per heavy atom. The number of amides is 1. The molecule has 5 nitrogen and oxygen atoms in total. The van der Waals surface area contributed by atoms with Crippen LogP contribution >= 0.6 is 0 Å². The van der Waals surface area contributed by atoms with E-state index >= 15 is 0 Å². The molecule has 18 heavy (non-hydrogen) atoms. The van der Waals surface area contributed by atoms with Gasteiger partial charge in [-0.25, -0.2) is 0 Å². The molecule has 0 aromatic rings. The fourth-order valence-corrected chi connectivity index (χ4v) is 1.28.